The molecule has 5 nitrogen and oxygen atoms in total. The van der Waals surface area contributed by atoms with Gasteiger partial charge in [0, 0.05) is 17.8 Å². The minimum absolute atomic E-state index is 0.0993. The maximum absolute atomic E-state index is 12.3. The van der Waals surface area contributed by atoms with E-state index < -0.39 is 0 Å². The number of benzene rings is 1. The number of carbonyl (C=O) groups is 1. The number of hydrogen-bond donors (Lipinski definition) is 2. The van der Waals surface area contributed by atoms with Crippen LogP contribution in [0.5, 0.6) is 0 Å². The van der Waals surface area contributed by atoms with E-state index in [2.05, 4.69) is 46.2 Å². The van der Waals surface area contributed by atoms with Gasteiger partial charge in [-0.05, 0) is 55.5 Å². The van der Waals surface area contributed by atoms with E-state index in [1.54, 1.807) is 0 Å². The Hall–Kier alpha value is -2.34. The number of aryl methyl sites for hydroxylation is 1. The SMILES string of the molecule is Cc1ccc2nc(-c3ccc(SCC(=O)N[C@@H]4CCCC[C@@H]4C)nc3)[nH]c2c1. The summed E-state index contributed by atoms with van der Waals surface area (Å²) in [4.78, 5) is 24.8. The lowest BCUT2D eigenvalue weighted by molar-refractivity contribution is -0.119. The molecule has 2 atom stereocenters. The minimum atomic E-state index is 0.0993. The Kier molecular flexibility index (Phi) is 5.67. The molecule has 28 heavy (non-hydrogen) atoms. The van der Waals surface area contributed by atoms with Crippen molar-refractivity contribution in [2.24, 2.45) is 5.92 Å². The Morgan fingerprint density at radius 2 is 2.11 bits per heavy atom. The summed E-state index contributed by atoms with van der Waals surface area (Å²) in [6.07, 6.45) is 6.62. The van der Waals surface area contributed by atoms with Crippen LogP contribution in [-0.4, -0.2) is 32.7 Å². The first-order chi connectivity index (χ1) is 13.6. The fourth-order valence-corrected chi connectivity index (χ4v) is 4.44. The van der Waals surface area contributed by atoms with Gasteiger partial charge in [-0.25, -0.2) is 9.97 Å². The Labute approximate surface area is 169 Å². The van der Waals surface area contributed by atoms with Crippen molar-refractivity contribution in [1.29, 1.82) is 0 Å². The Morgan fingerprint density at radius 3 is 2.89 bits per heavy atom. The number of aromatic nitrogens is 3. The molecule has 146 valence electrons. The fraction of sp³-hybridized carbons (Fsp3) is 0.409. The summed E-state index contributed by atoms with van der Waals surface area (Å²) in [6, 6.07) is 10.5. The summed E-state index contributed by atoms with van der Waals surface area (Å²) < 4.78 is 0. The van der Waals surface area contributed by atoms with Gasteiger partial charge in [0.2, 0.25) is 5.91 Å². The van der Waals surface area contributed by atoms with Crippen molar-refractivity contribution in [3.05, 3.63) is 42.1 Å². The molecule has 0 radical (unpaired) electrons. The monoisotopic (exact) mass is 394 g/mol. The predicted molar refractivity (Wildman–Crippen MR) is 114 cm³/mol. The van der Waals surface area contributed by atoms with E-state index in [4.69, 9.17) is 0 Å². The maximum Gasteiger partial charge on any atom is 0.230 e. The molecule has 2 aromatic heterocycles. The van der Waals surface area contributed by atoms with E-state index in [0.717, 1.165) is 33.9 Å². The van der Waals surface area contributed by atoms with Crippen molar-refractivity contribution in [2.75, 3.05) is 5.75 Å². The number of fused-ring (bicyclic) bond motifs is 1. The second-order valence-corrected chi connectivity index (χ2v) is 8.71. The molecular weight excluding hydrogens is 368 g/mol. The van der Waals surface area contributed by atoms with E-state index in [9.17, 15) is 4.79 Å². The van der Waals surface area contributed by atoms with E-state index in [1.165, 1.54) is 36.6 Å². The van der Waals surface area contributed by atoms with Gasteiger partial charge in [-0.1, -0.05) is 37.6 Å². The van der Waals surface area contributed by atoms with Crippen LogP contribution in [0.25, 0.3) is 22.4 Å². The summed E-state index contributed by atoms with van der Waals surface area (Å²) in [6.45, 7) is 4.30. The largest absolute Gasteiger partial charge is 0.352 e. The normalized spacial score (nSPS) is 19.6. The number of pyridine rings is 1. The lowest BCUT2D eigenvalue weighted by atomic mass is 9.86. The third-order valence-corrected chi connectivity index (χ3v) is 6.40. The van der Waals surface area contributed by atoms with Crippen LogP contribution in [0, 0.1) is 12.8 Å². The zero-order valence-electron chi connectivity index (χ0n) is 16.4. The molecule has 2 N–H and O–H groups in total. The fourth-order valence-electron chi connectivity index (χ4n) is 3.78. The second-order valence-electron chi connectivity index (χ2n) is 7.72. The number of carbonyl (C=O) groups excluding carboxylic acids is 1. The third kappa shape index (κ3) is 4.38. The van der Waals surface area contributed by atoms with Gasteiger partial charge < -0.3 is 10.3 Å². The zero-order valence-corrected chi connectivity index (χ0v) is 17.2. The highest BCUT2D eigenvalue weighted by Crippen LogP contribution is 2.25. The number of nitrogens with one attached hydrogen (secondary N) is 2. The second kappa shape index (κ2) is 8.35. The molecule has 1 aliphatic rings. The average Bonchev–Trinajstić information content (AvgIpc) is 3.12. The van der Waals surface area contributed by atoms with E-state index in [0.29, 0.717) is 17.7 Å². The van der Waals surface area contributed by atoms with Crippen LogP contribution < -0.4 is 5.32 Å². The van der Waals surface area contributed by atoms with Gasteiger partial charge in [-0.15, -0.1) is 0 Å². The smallest absolute Gasteiger partial charge is 0.230 e. The molecule has 0 bridgehead atoms. The Bertz CT molecular complexity index is 966. The Balaban J connectivity index is 1.35. The van der Waals surface area contributed by atoms with Crippen molar-refractivity contribution in [2.45, 2.75) is 50.6 Å². The van der Waals surface area contributed by atoms with E-state index >= 15 is 0 Å². The van der Waals surface area contributed by atoms with Gasteiger partial charge in [0.15, 0.2) is 0 Å². The topological polar surface area (TPSA) is 70.7 Å². The van der Waals surface area contributed by atoms with E-state index in [-0.39, 0.29) is 5.91 Å². The highest BCUT2D eigenvalue weighted by Gasteiger charge is 2.22. The number of rotatable bonds is 5. The van der Waals surface area contributed by atoms with Crippen molar-refractivity contribution >= 4 is 28.7 Å². The highest BCUT2D eigenvalue weighted by atomic mass is 32.2. The highest BCUT2D eigenvalue weighted by molar-refractivity contribution is 7.99. The van der Waals surface area contributed by atoms with Crippen LogP contribution >= 0.6 is 11.8 Å². The van der Waals surface area contributed by atoms with Crippen molar-refractivity contribution < 1.29 is 4.79 Å². The van der Waals surface area contributed by atoms with Gasteiger partial charge in [0.25, 0.3) is 0 Å². The number of thioether (sulfide) groups is 1. The molecule has 0 unspecified atom stereocenters. The molecule has 0 aliphatic heterocycles. The minimum Gasteiger partial charge on any atom is -0.352 e. The molecule has 1 saturated carbocycles. The maximum atomic E-state index is 12.3. The average molecular weight is 395 g/mol. The molecule has 2 heterocycles. The molecule has 1 amide bonds. The van der Waals surface area contributed by atoms with Crippen LogP contribution in [0.15, 0.2) is 41.6 Å². The molecule has 1 fully saturated rings. The van der Waals surface area contributed by atoms with Crippen molar-refractivity contribution in [3.63, 3.8) is 0 Å². The number of imidazole rings is 1. The first-order valence-electron chi connectivity index (χ1n) is 9.93. The summed E-state index contributed by atoms with van der Waals surface area (Å²) in [7, 11) is 0. The quantitative estimate of drug-likeness (QED) is 0.614. The Morgan fingerprint density at radius 1 is 1.25 bits per heavy atom. The number of hydrogen-bond acceptors (Lipinski definition) is 4. The molecule has 1 aromatic carbocycles. The van der Waals surface area contributed by atoms with E-state index in [1.807, 2.05) is 24.4 Å². The standard InChI is InChI=1S/C22H26N4OS/c1-14-7-9-18-19(11-14)26-22(25-18)16-8-10-21(23-12-16)28-13-20(27)24-17-6-4-3-5-15(17)2/h7-12,15,17H,3-6,13H2,1-2H3,(H,24,27)(H,25,26)/t15-,17+/m0/s1. The van der Waals surface area contributed by atoms with Crippen molar-refractivity contribution in [1.82, 2.24) is 20.3 Å². The first kappa shape index (κ1) is 19.0. The molecule has 0 spiro atoms. The predicted octanol–water partition coefficient (Wildman–Crippen LogP) is 4.72. The van der Waals surface area contributed by atoms with Gasteiger partial charge in [0.1, 0.15) is 5.82 Å². The van der Waals surface area contributed by atoms with Crippen molar-refractivity contribution in [3.8, 4) is 11.4 Å². The number of aromatic amines is 1. The molecule has 6 heteroatoms. The van der Waals surface area contributed by atoms with Crippen LogP contribution in [0.2, 0.25) is 0 Å². The first-order valence-corrected chi connectivity index (χ1v) is 10.9. The van der Waals surface area contributed by atoms with Crippen LogP contribution in [-0.2, 0) is 4.79 Å². The lowest BCUT2D eigenvalue weighted by Crippen LogP contribution is -2.41. The van der Waals surface area contributed by atoms with Gasteiger partial charge in [-0.3, -0.25) is 4.79 Å². The molecular formula is C22H26N4OS. The van der Waals surface area contributed by atoms with Crippen LogP contribution in [0.3, 0.4) is 0 Å². The van der Waals surface area contributed by atoms with Gasteiger partial charge >= 0.3 is 0 Å². The van der Waals surface area contributed by atoms with Gasteiger partial charge in [0.05, 0.1) is 21.8 Å². The molecule has 1 aliphatic carbocycles. The molecule has 0 saturated heterocycles. The zero-order chi connectivity index (χ0) is 19.5. The lowest BCUT2D eigenvalue weighted by Gasteiger charge is -2.29. The number of amides is 1. The third-order valence-electron chi connectivity index (χ3n) is 5.46. The van der Waals surface area contributed by atoms with Crippen LogP contribution in [0.4, 0.5) is 0 Å². The summed E-state index contributed by atoms with van der Waals surface area (Å²) in [5, 5.41) is 4.04. The number of H-pyrrole nitrogens is 1. The molecule has 3 aromatic rings. The summed E-state index contributed by atoms with van der Waals surface area (Å²) >= 11 is 1.48. The van der Waals surface area contributed by atoms with Crippen LogP contribution in [0.1, 0.15) is 38.2 Å². The van der Waals surface area contributed by atoms with Gasteiger partial charge in [-0.2, -0.15) is 0 Å². The summed E-state index contributed by atoms with van der Waals surface area (Å²) in [5.41, 5.74) is 4.13. The molecule has 4 rings (SSSR count). The summed E-state index contributed by atoms with van der Waals surface area (Å²) in [5.74, 6) is 1.89. The number of nitrogens with zero attached hydrogens (tertiary/aromatic N) is 2.